The second kappa shape index (κ2) is 4.64. The van der Waals surface area contributed by atoms with Crippen LogP contribution in [0.15, 0.2) is 36.4 Å². The number of carbonyl (C=O) groups is 1. The third-order valence-electron chi connectivity index (χ3n) is 1.90. The molecule has 0 N–H and O–H groups in total. The molecule has 3 heteroatoms. The van der Waals surface area contributed by atoms with Crippen molar-refractivity contribution in [1.82, 2.24) is 0 Å². The van der Waals surface area contributed by atoms with Crippen molar-refractivity contribution in [2.75, 3.05) is 19.0 Å². The van der Waals surface area contributed by atoms with Gasteiger partial charge in [0.2, 0.25) is 0 Å². The summed E-state index contributed by atoms with van der Waals surface area (Å²) in [6, 6.07) is 7.37. The Morgan fingerprint density at radius 2 is 1.93 bits per heavy atom. The Hall–Kier alpha value is -1.77. The Balaban J connectivity index is 2.94. The van der Waals surface area contributed by atoms with Crippen LogP contribution in [0.3, 0.4) is 0 Å². The van der Waals surface area contributed by atoms with Gasteiger partial charge in [-0.3, -0.25) is 0 Å². The fraction of sp³-hybridized carbons (Fsp3) is 0.250. The Morgan fingerprint density at radius 1 is 1.33 bits per heavy atom. The minimum absolute atomic E-state index is 0.392. The Morgan fingerprint density at radius 3 is 2.47 bits per heavy atom. The largest absolute Gasteiger partial charge is 0.421 e. The molecule has 0 fully saturated rings. The zero-order chi connectivity index (χ0) is 11.4. The average molecular weight is 205 g/mol. The van der Waals surface area contributed by atoms with Crippen molar-refractivity contribution in [3.8, 4) is 5.75 Å². The number of anilines is 1. The highest BCUT2D eigenvalue weighted by Gasteiger charge is 2.10. The molecule has 15 heavy (non-hydrogen) atoms. The number of carbonyl (C=O) groups excluding carboxylic acids is 1. The minimum Gasteiger partial charge on any atom is -0.421 e. The highest BCUT2D eigenvalue weighted by Crippen LogP contribution is 2.26. The van der Waals surface area contributed by atoms with Gasteiger partial charge >= 0.3 is 5.97 Å². The van der Waals surface area contributed by atoms with Gasteiger partial charge in [0.15, 0.2) is 5.75 Å². The van der Waals surface area contributed by atoms with E-state index < -0.39 is 5.97 Å². The van der Waals surface area contributed by atoms with Gasteiger partial charge in [0, 0.05) is 19.7 Å². The fourth-order valence-electron chi connectivity index (χ4n) is 1.10. The molecular formula is C12H15NO2. The standard InChI is InChI=1S/C12H15NO2/c1-9(2)12(14)15-11-8-6-5-7-10(11)13(3)4/h5-8H,1H2,2-4H3. The number of nitrogens with zero attached hydrogens (tertiary/aromatic N) is 1. The van der Waals surface area contributed by atoms with Crippen molar-refractivity contribution >= 4 is 11.7 Å². The van der Waals surface area contributed by atoms with E-state index in [4.69, 9.17) is 4.74 Å². The van der Waals surface area contributed by atoms with Crippen LogP contribution in [-0.2, 0) is 4.79 Å². The van der Waals surface area contributed by atoms with Gasteiger partial charge in [-0.2, -0.15) is 0 Å². The summed E-state index contributed by atoms with van der Waals surface area (Å²) in [5.74, 6) is 0.153. The van der Waals surface area contributed by atoms with Crippen molar-refractivity contribution < 1.29 is 9.53 Å². The first-order valence-corrected chi connectivity index (χ1v) is 4.66. The fourth-order valence-corrected chi connectivity index (χ4v) is 1.10. The summed E-state index contributed by atoms with van der Waals surface area (Å²) in [4.78, 5) is 13.2. The molecule has 0 saturated carbocycles. The number of esters is 1. The first-order chi connectivity index (χ1) is 7.02. The van der Waals surface area contributed by atoms with Crippen LogP contribution in [0.4, 0.5) is 5.69 Å². The normalized spacial score (nSPS) is 9.53. The lowest BCUT2D eigenvalue weighted by molar-refractivity contribution is -0.130. The second-order valence-corrected chi connectivity index (χ2v) is 3.53. The average Bonchev–Trinajstić information content (AvgIpc) is 2.18. The lowest BCUT2D eigenvalue weighted by Gasteiger charge is -2.16. The molecular weight excluding hydrogens is 190 g/mol. The molecule has 0 aliphatic heterocycles. The van der Waals surface area contributed by atoms with Gasteiger partial charge in [0.25, 0.3) is 0 Å². The van der Waals surface area contributed by atoms with E-state index >= 15 is 0 Å². The van der Waals surface area contributed by atoms with Crippen LogP contribution in [0.5, 0.6) is 5.75 Å². The molecule has 1 aromatic rings. The van der Waals surface area contributed by atoms with Crippen molar-refractivity contribution in [2.45, 2.75) is 6.92 Å². The predicted molar refractivity (Wildman–Crippen MR) is 61.2 cm³/mol. The summed E-state index contributed by atoms with van der Waals surface area (Å²) in [6.07, 6.45) is 0. The van der Waals surface area contributed by atoms with Gasteiger partial charge in [0.05, 0.1) is 5.69 Å². The van der Waals surface area contributed by atoms with E-state index in [1.165, 1.54) is 0 Å². The van der Waals surface area contributed by atoms with Crippen LogP contribution in [0.1, 0.15) is 6.92 Å². The molecule has 0 atom stereocenters. The van der Waals surface area contributed by atoms with E-state index in [1.54, 1.807) is 13.0 Å². The molecule has 0 aromatic heterocycles. The van der Waals surface area contributed by atoms with Gasteiger partial charge in [-0.25, -0.2) is 4.79 Å². The molecule has 0 spiro atoms. The smallest absolute Gasteiger partial charge is 0.338 e. The number of hydrogen-bond donors (Lipinski definition) is 0. The zero-order valence-corrected chi connectivity index (χ0v) is 9.28. The second-order valence-electron chi connectivity index (χ2n) is 3.53. The van der Waals surface area contributed by atoms with Crippen LogP contribution in [0, 0.1) is 0 Å². The molecule has 0 saturated heterocycles. The van der Waals surface area contributed by atoms with E-state index in [0.29, 0.717) is 11.3 Å². The van der Waals surface area contributed by atoms with E-state index in [1.807, 2.05) is 37.2 Å². The third kappa shape index (κ3) is 2.84. The Labute approximate surface area is 90.0 Å². The summed E-state index contributed by atoms with van der Waals surface area (Å²) >= 11 is 0. The Bertz CT molecular complexity index is 383. The SMILES string of the molecule is C=C(C)C(=O)Oc1ccccc1N(C)C. The monoisotopic (exact) mass is 205 g/mol. The number of ether oxygens (including phenoxy) is 1. The van der Waals surface area contributed by atoms with Crippen molar-refractivity contribution in [1.29, 1.82) is 0 Å². The summed E-state index contributed by atoms with van der Waals surface area (Å²) in [5.41, 5.74) is 1.26. The van der Waals surface area contributed by atoms with Crippen molar-refractivity contribution in [3.05, 3.63) is 36.4 Å². The number of benzene rings is 1. The maximum Gasteiger partial charge on any atom is 0.338 e. The van der Waals surface area contributed by atoms with Gasteiger partial charge < -0.3 is 9.64 Å². The van der Waals surface area contributed by atoms with Crippen LogP contribution in [-0.4, -0.2) is 20.1 Å². The molecule has 0 aliphatic rings. The summed E-state index contributed by atoms with van der Waals surface area (Å²) in [7, 11) is 3.79. The quantitative estimate of drug-likeness (QED) is 0.430. The highest BCUT2D eigenvalue weighted by molar-refractivity contribution is 5.89. The molecule has 1 aromatic carbocycles. The summed E-state index contributed by atoms with van der Waals surface area (Å²) in [6.45, 7) is 5.16. The molecule has 0 amide bonds. The number of rotatable bonds is 3. The van der Waals surface area contributed by atoms with Gasteiger partial charge in [-0.05, 0) is 19.1 Å². The zero-order valence-electron chi connectivity index (χ0n) is 9.28. The van der Waals surface area contributed by atoms with Crippen molar-refractivity contribution in [3.63, 3.8) is 0 Å². The summed E-state index contributed by atoms with van der Waals surface area (Å²) in [5, 5.41) is 0. The first kappa shape index (κ1) is 11.3. The first-order valence-electron chi connectivity index (χ1n) is 4.66. The predicted octanol–water partition coefficient (Wildman–Crippen LogP) is 2.23. The molecule has 80 valence electrons. The number of para-hydroxylation sites is 2. The van der Waals surface area contributed by atoms with E-state index in [-0.39, 0.29) is 0 Å². The Kier molecular flexibility index (Phi) is 3.50. The molecule has 0 bridgehead atoms. The highest BCUT2D eigenvalue weighted by atomic mass is 16.5. The third-order valence-corrected chi connectivity index (χ3v) is 1.90. The van der Waals surface area contributed by atoms with Gasteiger partial charge in [-0.1, -0.05) is 18.7 Å². The maximum atomic E-state index is 11.3. The molecule has 0 heterocycles. The van der Waals surface area contributed by atoms with Gasteiger partial charge in [-0.15, -0.1) is 0 Å². The topological polar surface area (TPSA) is 29.5 Å². The van der Waals surface area contributed by atoms with Crippen molar-refractivity contribution in [2.24, 2.45) is 0 Å². The van der Waals surface area contributed by atoms with Crippen LogP contribution >= 0.6 is 0 Å². The van der Waals surface area contributed by atoms with Crippen LogP contribution < -0.4 is 9.64 Å². The molecule has 0 unspecified atom stereocenters. The van der Waals surface area contributed by atoms with E-state index in [2.05, 4.69) is 6.58 Å². The lowest BCUT2D eigenvalue weighted by Crippen LogP contribution is -2.14. The van der Waals surface area contributed by atoms with E-state index in [0.717, 1.165) is 5.69 Å². The molecule has 0 aliphatic carbocycles. The molecule has 1 rings (SSSR count). The maximum absolute atomic E-state index is 11.3. The minimum atomic E-state index is -0.399. The lowest BCUT2D eigenvalue weighted by atomic mass is 10.2. The molecule has 0 radical (unpaired) electrons. The summed E-state index contributed by atoms with van der Waals surface area (Å²) < 4.78 is 5.19. The number of hydrogen-bond acceptors (Lipinski definition) is 3. The van der Waals surface area contributed by atoms with Gasteiger partial charge in [0.1, 0.15) is 0 Å². The van der Waals surface area contributed by atoms with E-state index in [9.17, 15) is 4.79 Å². The van der Waals surface area contributed by atoms with Crippen LogP contribution in [0.2, 0.25) is 0 Å². The molecule has 3 nitrogen and oxygen atoms in total. The van der Waals surface area contributed by atoms with Crippen LogP contribution in [0.25, 0.3) is 0 Å².